The fraction of sp³-hybridized carbons (Fsp3) is 0.360. The molecular formula is C25H28FN5O. The summed E-state index contributed by atoms with van der Waals surface area (Å²) in [6, 6.07) is 15.2. The highest BCUT2D eigenvalue weighted by atomic mass is 19.1. The largest absolute Gasteiger partial charge is 0.497 e. The van der Waals surface area contributed by atoms with E-state index in [2.05, 4.69) is 31.8 Å². The first kappa shape index (κ1) is 20.7. The fourth-order valence-corrected chi connectivity index (χ4v) is 4.50. The molecule has 0 atom stereocenters. The lowest BCUT2D eigenvalue weighted by Crippen LogP contribution is -2.47. The van der Waals surface area contributed by atoms with E-state index in [1.165, 1.54) is 17.2 Å². The summed E-state index contributed by atoms with van der Waals surface area (Å²) < 4.78 is 19.3. The molecule has 0 bridgehead atoms. The summed E-state index contributed by atoms with van der Waals surface area (Å²) in [7, 11) is 1.69. The predicted molar refractivity (Wildman–Crippen MR) is 124 cm³/mol. The van der Waals surface area contributed by atoms with Gasteiger partial charge in [0.05, 0.1) is 18.5 Å². The van der Waals surface area contributed by atoms with Gasteiger partial charge in [-0.15, -0.1) is 0 Å². The number of aromatic nitrogens is 2. The predicted octanol–water partition coefficient (Wildman–Crippen LogP) is 3.51. The van der Waals surface area contributed by atoms with Gasteiger partial charge in [-0.25, -0.2) is 14.4 Å². The molecule has 3 heterocycles. The molecule has 0 aliphatic carbocycles. The SMILES string of the molecule is COc1ccc(CN2CCc3nc(N4CCN(c5ccccc5F)CC4)ncc3C2)cc1. The zero-order valence-corrected chi connectivity index (χ0v) is 18.4. The number of piperazine rings is 1. The average molecular weight is 434 g/mol. The standard InChI is InChI=1S/C25H28FN5O/c1-32-21-8-6-19(7-9-21)17-29-11-10-23-20(18-29)16-27-25(28-23)31-14-12-30(13-15-31)24-5-3-2-4-22(24)26/h2-9,16H,10-15,17-18H2,1H3. The second kappa shape index (κ2) is 9.12. The summed E-state index contributed by atoms with van der Waals surface area (Å²) in [6.45, 7) is 5.85. The van der Waals surface area contributed by atoms with Crippen molar-refractivity contribution in [3.8, 4) is 5.75 Å². The summed E-state index contributed by atoms with van der Waals surface area (Å²) in [5.74, 6) is 1.51. The summed E-state index contributed by atoms with van der Waals surface area (Å²) in [5, 5.41) is 0. The van der Waals surface area contributed by atoms with E-state index in [1.54, 1.807) is 13.2 Å². The van der Waals surface area contributed by atoms with Gasteiger partial charge in [0, 0.05) is 64.0 Å². The van der Waals surface area contributed by atoms with Gasteiger partial charge in [0.1, 0.15) is 11.6 Å². The zero-order chi connectivity index (χ0) is 21.9. The van der Waals surface area contributed by atoms with Gasteiger partial charge in [0.15, 0.2) is 0 Å². The molecule has 2 aromatic carbocycles. The summed E-state index contributed by atoms with van der Waals surface area (Å²) in [4.78, 5) is 16.3. The molecule has 7 heteroatoms. The highest BCUT2D eigenvalue weighted by Crippen LogP contribution is 2.24. The number of fused-ring (bicyclic) bond motifs is 1. The third-order valence-corrected chi connectivity index (χ3v) is 6.32. The van der Waals surface area contributed by atoms with Crippen LogP contribution in [0, 0.1) is 5.82 Å². The van der Waals surface area contributed by atoms with Gasteiger partial charge in [-0.05, 0) is 29.8 Å². The first-order valence-corrected chi connectivity index (χ1v) is 11.1. The van der Waals surface area contributed by atoms with Crippen molar-refractivity contribution >= 4 is 11.6 Å². The summed E-state index contributed by atoms with van der Waals surface area (Å²) in [5.41, 5.74) is 4.31. The minimum atomic E-state index is -0.162. The number of anilines is 2. The first-order chi connectivity index (χ1) is 15.7. The number of rotatable bonds is 5. The van der Waals surface area contributed by atoms with Gasteiger partial charge in [-0.3, -0.25) is 4.90 Å². The Kier molecular flexibility index (Phi) is 5.90. The van der Waals surface area contributed by atoms with Crippen molar-refractivity contribution < 1.29 is 9.13 Å². The Labute approximate surface area is 188 Å². The molecule has 2 aliphatic rings. The summed E-state index contributed by atoms with van der Waals surface area (Å²) in [6.07, 6.45) is 2.91. The molecule has 1 fully saturated rings. The van der Waals surface area contributed by atoms with Crippen molar-refractivity contribution in [3.05, 3.63) is 77.4 Å². The van der Waals surface area contributed by atoms with Crippen LogP contribution >= 0.6 is 0 Å². The van der Waals surface area contributed by atoms with Gasteiger partial charge < -0.3 is 14.5 Å². The molecular weight excluding hydrogens is 405 g/mol. The number of benzene rings is 2. The van der Waals surface area contributed by atoms with E-state index in [0.29, 0.717) is 5.69 Å². The third-order valence-electron chi connectivity index (χ3n) is 6.32. The normalized spacial score (nSPS) is 16.7. The van der Waals surface area contributed by atoms with Gasteiger partial charge in [0.25, 0.3) is 0 Å². The lowest BCUT2D eigenvalue weighted by Gasteiger charge is -2.36. The van der Waals surface area contributed by atoms with Crippen molar-refractivity contribution in [1.82, 2.24) is 14.9 Å². The van der Waals surface area contributed by atoms with E-state index in [0.717, 1.165) is 69.6 Å². The van der Waals surface area contributed by atoms with Crippen molar-refractivity contribution in [2.45, 2.75) is 19.5 Å². The van der Waals surface area contributed by atoms with Crippen LogP contribution in [0.25, 0.3) is 0 Å². The maximum absolute atomic E-state index is 14.1. The quantitative estimate of drug-likeness (QED) is 0.614. The highest BCUT2D eigenvalue weighted by molar-refractivity contribution is 5.49. The minimum Gasteiger partial charge on any atom is -0.497 e. The number of ether oxygens (including phenoxy) is 1. The average Bonchev–Trinajstić information content (AvgIpc) is 2.85. The maximum atomic E-state index is 14.1. The van der Waals surface area contributed by atoms with Crippen LogP contribution in [0.15, 0.2) is 54.7 Å². The van der Waals surface area contributed by atoms with Crippen LogP contribution in [0.2, 0.25) is 0 Å². The number of nitrogens with zero attached hydrogens (tertiary/aromatic N) is 5. The van der Waals surface area contributed by atoms with Crippen LogP contribution in [-0.2, 0) is 19.5 Å². The maximum Gasteiger partial charge on any atom is 0.225 e. The molecule has 166 valence electrons. The molecule has 0 amide bonds. The van der Waals surface area contributed by atoms with Gasteiger partial charge in [-0.1, -0.05) is 24.3 Å². The second-order valence-electron chi connectivity index (χ2n) is 8.38. The Balaban J connectivity index is 1.20. The van der Waals surface area contributed by atoms with Crippen LogP contribution < -0.4 is 14.5 Å². The molecule has 32 heavy (non-hydrogen) atoms. The highest BCUT2D eigenvalue weighted by Gasteiger charge is 2.23. The van der Waals surface area contributed by atoms with Gasteiger partial charge >= 0.3 is 0 Å². The Hall–Kier alpha value is -3.19. The van der Waals surface area contributed by atoms with Crippen LogP contribution in [0.1, 0.15) is 16.8 Å². The van der Waals surface area contributed by atoms with Crippen molar-refractivity contribution in [2.75, 3.05) is 49.6 Å². The van der Waals surface area contributed by atoms with Crippen LogP contribution in [0.5, 0.6) is 5.75 Å². The molecule has 0 N–H and O–H groups in total. The first-order valence-electron chi connectivity index (χ1n) is 11.1. The van der Waals surface area contributed by atoms with E-state index in [-0.39, 0.29) is 5.82 Å². The number of hydrogen-bond donors (Lipinski definition) is 0. The van der Waals surface area contributed by atoms with Crippen LogP contribution in [0.3, 0.4) is 0 Å². The monoisotopic (exact) mass is 433 g/mol. The van der Waals surface area contributed by atoms with E-state index < -0.39 is 0 Å². The van der Waals surface area contributed by atoms with Crippen molar-refractivity contribution in [3.63, 3.8) is 0 Å². The third kappa shape index (κ3) is 4.39. The van der Waals surface area contributed by atoms with Gasteiger partial charge in [0.2, 0.25) is 5.95 Å². The molecule has 2 aliphatic heterocycles. The smallest absolute Gasteiger partial charge is 0.225 e. The Bertz CT molecular complexity index is 1070. The molecule has 1 saturated heterocycles. The number of halogens is 1. The number of methoxy groups -OCH3 is 1. The molecule has 0 unspecified atom stereocenters. The van der Waals surface area contributed by atoms with E-state index in [9.17, 15) is 4.39 Å². The molecule has 0 saturated carbocycles. The Morgan fingerprint density at radius 3 is 2.44 bits per heavy atom. The molecule has 5 rings (SSSR count). The second-order valence-corrected chi connectivity index (χ2v) is 8.38. The topological polar surface area (TPSA) is 44.7 Å². The van der Waals surface area contributed by atoms with Crippen LogP contribution in [-0.4, -0.2) is 54.7 Å². The molecule has 6 nitrogen and oxygen atoms in total. The molecule has 1 aromatic heterocycles. The lowest BCUT2D eigenvalue weighted by molar-refractivity contribution is 0.243. The van der Waals surface area contributed by atoms with Crippen molar-refractivity contribution in [1.29, 1.82) is 0 Å². The number of hydrogen-bond acceptors (Lipinski definition) is 6. The summed E-state index contributed by atoms with van der Waals surface area (Å²) >= 11 is 0. The van der Waals surface area contributed by atoms with Crippen LogP contribution in [0.4, 0.5) is 16.0 Å². The molecule has 0 spiro atoms. The van der Waals surface area contributed by atoms with E-state index in [1.807, 2.05) is 30.5 Å². The molecule has 0 radical (unpaired) electrons. The fourth-order valence-electron chi connectivity index (χ4n) is 4.50. The minimum absolute atomic E-state index is 0.162. The van der Waals surface area contributed by atoms with Gasteiger partial charge in [-0.2, -0.15) is 0 Å². The van der Waals surface area contributed by atoms with E-state index in [4.69, 9.17) is 9.72 Å². The van der Waals surface area contributed by atoms with E-state index >= 15 is 0 Å². The Morgan fingerprint density at radius 1 is 0.938 bits per heavy atom. The number of para-hydroxylation sites is 1. The van der Waals surface area contributed by atoms with Crippen molar-refractivity contribution in [2.24, 2.45) is 0 Å². The zero-order valence-electron chi connectivity index (χ0n) is 18.4. The molecule has 3 aromatic rings. The Morgan fingerprint density at radius 2 is 1.69 bits per heavy atom. The lowest BCUT2D eigenvalue weighted by atomic mass is 10.1.